The Labute approximate surface area is 112 Å². The van der Waals surface area contributed by atoms with Gasteiger partial charge in [0.05, 0.1) is 18.2 Å². The lowest BCUT2D eigenvalue weighted by molar-refractivity contribution is -0.173. The molecule has 1 aromatic rings. The molecule has 0 fully saturated rings. The lowest BCUT2D eigenvalue weighted by Gasteiger charge is -2.06. The van der Waals surface area contributed by atoms with Crippen molar-refractivity contribution >= 4 is 17.3 Å². The summed E-state index contributed by atoms with van der Waals surface area (Å²) in [6, 6.07) is 0. The Bertz CT molecular complexity index is 431. The Balaban J connectivity index is 2.48. The third kappa shape index (κ3) is 5.56. The maximum Gasteiger partial charge on any atom is 0.411 e. The second kappa shape index (κ2) is 6.85. The van der Waals surface area contributed by atoms with Gasteiger partial charge < -0.3 is 9.47 Å². The van der Waals surface area contributed by atoms with Crippen LogP contribution in [0.25, 0.3) is 0 Å². The predicted molar refractivity (Wildman–Crippen MR) is 63.4 cm³/mol. The van der Waals surface area contributed by atoms with Crippen LogP contribution in [0.1, 0.15) is 27.3 Å². The first kappa shape index (κ1) is 15.9. The van der Waals surface area contributed by atoms with Gasteiger partial charge in [0.15, 0.2) is 5.69 Å². The second-order valence-electron chi connectivity index (χ2n) is 3.65. The summed E-state index contributed by atoms with van der Waals surface area (Å²) in [5.74, 6) is -0.515. The van der Waals surface area contributed by atoms with E-state index in [2.05, 4.69) is 9.72 Å². The van der Waals surface area contributed by atoms with Crippen LogP contribution in [0.15, 0.2) is 0 Å². The van der Waals surface area contributed by atoms with E-state index in [0.29, 0.717) is 9.88 Å². The minimum atomic E-state index is -4.32. The van der Waals surface area contributed by atoms with E-state index in [0.717, 1.165) is 0 Å². The maximum absolute atomic E-state index is 11.8. The van der Waals surface area contributed by atoms with Gasteiger partial charge in [0.25, 0.3) is 0 Å². The van der Waals surface area contributed by atoms with Gasteiger partial charge in [-0.3, -0.25) is 0 Å². The van der Waals surface area contributed by atoms with Gasteiger partial charge in [-0.25, -0.2) is 9.78 Å². The molecule has 0 radical (unpaired) electrons. The molecule has 1 rings (SSSR count). The first-order valence-electron chi connectivity index (χ1n) is 5.61. The number of aryl methyl sites for hydroxylation is 1. The second-order valence-corrected chi connectivity index (χ2v) is 4.94. The number of hydrogen-bond donors (Lipinski definition) is 0. The van der Waals surface area contributed by atoms with Crippen molar-refractivity contribution in [1.29, 1.82) is 0 Å². The number of ether oxygens (including phenoxy) is 2. The van der Waals surface area contributed by atoms with Crippen LogP contribution in [0.5, 0.6) is 0 Å². The number of aromatic nitrogens is 1. The first-order valence-corrected chi connectivity index (χ1v) is 6.43. The van der Waals surface area contributed by atoms with Crippen LogP contribution in [0, 0.1) is 6.92 Å². The van der Waals surface area contributed by atoms with Crippen LogP contribution in [0.3, 0.4) is 0 Å². The maximum atomic E-state index is 11.8. The molecule has 8 heteroatoms. The van der Waals surface area contributed by atoms with Crippen molar-refractivity contribution in [1.82, 2.24) is 4.98 Å². The highest BCUT2D eigenvalue weighted by Gasteiger charge is 2.27. The topological polar surface area (TPSA) is 48.4 Å². The average molecular weight is 297 g/mol. The Morgan fingerprint density at radius 3 is 2.68 bits per heavy atom. The summed E-state index contributed by atoms with van der Waals surface area (Å²) in [5.41, 5.74) is 0.220. The lowest BCUT2D eigenvalue weighted by Crippen LogP contribution is -2.18. The van der Waals surface area contributed by atoms with Crippen LogP contribution < -0.4 is 0 Å². The van der Waals surface area contributed by atoms with E-state index < -0.39 is 18.8 Å². The number of carbonyl (C=O) groups is 1. The summed E-state index contributed by atoms with van der Waals surface area (Å²) < 4.78 is 44.8. The van der Waals surface area contributed by atoms with Crippen LogP contribution in [-0.2, 0) is 15.9 Å². The van der Waals surface area contributed by atoms with E-state index in [1.807, 2.05) is 0 Å². The fraction of sp³-hybridized carbons (Fsp3) is 0.636. The fourth-order valence-electron chi connectivity index (χ4n) is 1.29. The highest BCUT2D eigenvalue weighted by atomic mass is 32.1. The van der Waals surface area contributed by atoms with Gasteiger partial charge in [0, 0.05) is 11.3 Å². The van der Waals surface area contributed by atoms with E-state index in [4.69, 9.17) is 4.74 Å². The molecule has 0 spiro atoms. The largest absolute Gasteiger partial charge is 0.461 e. The minimum Gasteiger partial charge on any atom is -0.461 e. The monoisotopic (exact) mass is 297 g/mol. The predicted octanol–water partition coefficient (Wildman–Crippen LogP) is 2.75. The van der Waals surface area contributed by atoms with E-state index in [9.17, 15) is 18.0 Å². The first-order chi connectivity index (χ1) is 8.83. The molecule has 0 aliphatic carbocycles. The summed E-state index contributed by atoms with van der Waals surface area (Å²) in [7, 11) is 0. The zero-order valence-corrected chi connectivity index (χ0v) is 11.4. The van der Waals surface area contributed by atoms with Crippen LogP contribution >= 0.6 is 11.3 Å². The summed E-state index contributed by atoms with van der Waals surface area (Å²) in [4.78, 5) is 16.2. The van der Waals surface area contributed by atoms with E-state index >= 15 is 0 Å². The van der Waals surface area contributed by atoms with Crippen LogP contribution in [0.2, 0.25) is 0 Å². The summed E-state index contributed by atoms with van der Waals surface area (Å²) >= 11 is 1.25. The summed E-state index contributed by atoms with van der Waals surface area (Å²) in [6.07, 6.45) is -4.09. The molecule has 0 aliphatic heterocycles. The minimum absolute atomic E-state index is 0.0886. The van der Waals surface area contributed by atoms with Gasteiger partial charge in [-0.2, -0.15) is 13.2 Å². The Kier molecular flexibility index (Phi) is 5.74. The zero-order valence-electron chi connectivity index (χ0n) is 10.5. The van der Waals surface area contributed by atoms with Gasteiger partial charge >= 0.3 is 12.1 Å². The van der Waals surface area contributed by atoms with Gasteiger partial charge in [0.2, 0.25) is 0 Å². The van der Waals surface area contributed by atoms with Gasteiger partial charge in [0.1, 0.15) is 6.61 Å². The Morgan fingerprint density at radius 1 is 1.42 bits per heavy atom. The molecule has 1 aromatic heterocycles. The van der Waals surface area contributed by atoms with Crippen LogP contribution in [-0.4, -0.2) is 37.0 Å². The highest BCUT2D eigenvalue weighted by Crippen LogP contribution is 2.19. The molecule has 0 saturated carbocycles. The summed E-state index contributed by atoms with van der Waals surface area (Å²) in [6.45, 7) is 2.28. The average Bonchev–Trinajstić information content (AvgIpc) is 2.65. The third-order valence-electron chi connectivity index (χ3n) is 2.04. The number of halogens is 3. The smallest absolute Gasteiger partial charge is 0.411 e. The van der Waals surface area contributed by atoms with Crippen molar-refractivity contribution in [2.45, 2.75) is 26.4 Å². The molecular formula is C11H14F3NO3S. The summed E-state index contributed by atoms with van der Waals surface area (Å²) in [5, 5.41) is 0.558. The van der Waals surface area contributed by atoms with Crippen molar-refractivity contribution < 1.29 is 27.4 Å². The Morgan fingerprint density at radius 2 is 2.11 bits per heavy atom. The number of nitrogens with zero attached hydrogens (tertiary/aromatic N) is 1. The van der Waals surface area contributed by atoms with E-state index in [1.165, 1.54) is 11.3 Å². The van der Waals surface area contributed by atoms with Crippen molar-refractivity contribution in [3.8, 4) is 0 Å². The van der Waals surface area contributed by atoms with Gasteiger partial charge in [-0.05, 0) is 13.8 Å². The Hall–Kier alpha value is -1.15. The lowest BCUT2D eigenvalue weighted by atomic mass is 10.4. The highest BCUT2D eigenvalue weighted by molar-refractivity contribution is 7.11. The van der Waals surface area contributed by atoms with Crippen molar-refractivity contribution in [3.63, 3.8) is 0 Å². The van der Waals surface area contributed by atoms with E-state index in [-0.39, 0.29) is 25.3 Å². The van der Waals surface area contributed by atoms with Gasteiger partial charge in [-0.1, -0.05) is 0 Å². The fourth-order valence-corrected chi connectivity index (χ4v) is 2.20. The molecule has 0 N–H and O–H groups in total. The standard InChI is InChI=1S/C11H14F3NO3S/c1-3-18-10(16)9-7(2)19-8(15-9)4-5-17-6-11(12,13)14/h3-6H2,1-2H3. The third-order valence-corrected chi connectivity index (χ3v) is 3.07. The number of alkyl halides is 3. The molecule has 0 saturated heterocycles. The number of rotatable bonds is 6. The SMILES string of the molecule is CCOC(=O)c1nc(CCOCC(F)(F)F)sc1C. The van der Waals surface area contributed by atoms with E-state index in [1.54, 1.807) is 13.8 Å². The molecular weight excluding hydrogens is 283 g/mol. The van der Waals surface area contributed by atoms with Crippen molar-refractivity contribution in [2.75, 3.05) is 19.8 Å². The van der Waals surface area contributed by atoms with Crippen LogP contribution in [0.4, 0.5) is 13.2 Å². The number of esters is 1. The molecule has 0 aromatic carbocycles. The normalized spacial score (nSPS) is 11.6. The zero-order chi connectivity index (χ0) is 14.5. The molecule has 0 bridgehead atoms. The molecule has 4 nitrogen and oxygen atoms in total. The van der Waals surface area contributed by atoms with Crippen molar-refractivity contribution in [2.24, 2.45) is 0 Å². The molecule has 0 atom stereocenters. The molecule has 0 aliphatic rings. The molecule has 108 valence electrons. The molecule has 0 amide bonds. The van der Waals surface area contributed by atoms with Crippen molar-refractivity contribution in [3.05, 3.63) is 15.6 Å². The molecule has 0 unspecified atom stereocenters. The number of thiazole rings is 1. The number of hydrogen-bond acceptors (Lipinski definition) is 5. The molecule has 19 heavy (non-hydrogen) atoms. The van der Waals surface area contributed by atoms with Gasteiger partial charge in [-0.15, -0.1) is 11.3 Å². The number of carbonyl (C=O) groups excluding carboxylic acids is 1. The quantitative estimate of drug-likeness (QED) is 0.598. The molecule has 1 heterocycles.